The highest BCUT2D eigenvalue weighted by molar-refractivity contribution is 9.09. The van der Waals surface area contributed by atoms with E-state index in [0.29, 0.717) is 22.4 Å². The Morgan fingerprint density at radius 2 is 1.68 bits per heavy atom. The Morgan fingerprint density at radius 1 is 0.960 bits per heavy atom. The van der Waals surface area contributed by atoms with Gasteiger partial charge in [-0.2, -0.15) is 0 Å². The lowest BCUT2D eigenvalue weighted by Crippen LogP contribution is -2.55. The van der Waals surface area contributed by atoms with Gasteiger partial charge in [0.1, 0.15) is 5.78 Å². The van der Waals surface area contributed by atoms with Gasteiger partial charge in [0.15, 0.2) is 0 Å². The summed E-state index contributed by atoms with van der Waals surface area (Å²) in [6.07, 6.45) is 10.7. The molecule has 1 unspecified atom stereocenters. The second-order valence-corrected chi connectivity index (χ2v) is 11.2. The maximum atomic E-state index is 12.5. The van der Waals surface area contributed by atoms with E-state index in [2.05, 4.69) is 29.8 Å². The minimum Gasteiger partial charge on any atom is -0.390 e. The number of fused-ring (bicyclic) bond motifs is 5. The molecule has 4 aliphatic carbocycles. The monoisotopic (exact) mass is 410 g/mol. The van der Waals surface area contributed by atoms with Crippen LogP contribution in [0.4, 0.5) is 0 Å². The van der Waals surface area contributed by atoms with Gasteiger partial charge in [-0.15, -0.1) is 0 Å². The van der Waals surface area contributed by atoms with E-state index in [1.54, 1.807) is 0 Å². The summed E-state index contributed by atoms with van der Waals surface area (Å²) in [5, 5.41) is 11.1. The molecule has 0 aliphatic heterocycles. The van der Waals surface area contributed by atoms with Crippen LogP contribution in [0.3, 0.4) is 0 Å². The molecule has 142 valence electrons. The standard InChI is InChI=1S/C22H35BrO2/c1-20(25)10-11-21(2)14(12-20)4-5-15-16-6-7-18(19(24)13-23)22(16,3)9-8-17(15)21/h14-18,25H,4-13H2,1-3H3/t14-,15+,16+,17+,18-,20-,21+,22?/m1/s1. The Hall–Kier alpha value is 0.110. The highest BCUT2D eigenvalue weighted by atomic mass is 79.9. The topological polar surface area (TPSA) is 37.3 Å². The van der Waals surface area contributed by atoms with Crippen LogP contribution in [-0.4, -0.2) is 21.8 Å². The molecule has 0 heterocycles. The minimum atomic E-state index is -0.444. The van der Waals surface area contributed by atoms with Crippen molar-refractivity contribution in [3.05, 3.63) is 0 Å². The summed E-state index contributed by atoms with van der Waals surface area (Å²) >= 11 is 3.43. The SMILES string of the molecule is CC12CC[C@H]3[C@@H](CC[C@@H]4C[C@](C)(O)CC[C@@]43C)[C@@H]1CC[C@@H]2C(=O)CBr. The molecule has 0 aromatic heterocycles. The summed E-state index contributed by atoms with van der Waals surface area (Å²) < 4.78 is 0. The van der Waals surface area contributed by atoms with Crippen LogP contribution in [0.1, 0.15) is 78.6 Å². The number of carbonyl (C=O) groups excluding carboxylic acids is 1. The van der Waals surface area contributed by atoms with Gasteiger partial charge in [0.2, 0.25) is 0 Å². The van der Waals surface area contributed by atoms with Gasteiger partial charge in [-0.25, -0.2) is 0 Å². The van der Waals surface area contributed by atoms with Crippen LogP contribution in [-0.2, 0) is 4.79 Å². The Bertz CT molecular complexity index is 558. The highest BCUT2D eigenvalue weighted by Crippen LogP contribution is 2.68. The van der Waals surface area contributed by atoms with E-state index in [1.165, 1.54) is 38.5 Å². The Morgan fingerprint density at radius 3 is 2.40 bits per heavy atom. The average Bonchev–Trinajstić information content (AvgIpc) is 2.92. The van der Waals surface area contributed by atoms with Gasteiger partial charge in [0.05, 0.1) is 10.9 Å². The second kappa shape index (κ2) is 6.06. The number of rotatable bonds is 2. The van der Waals surface area contributed by atoms with Crippen LogP contribution >= 0.6 is 15.9 Å². The van der Waals surface area contributed by atoms with Gasteiger partial charge in [-0.1, -0.05) is 29.8 Å². The van der Waals surface area contributed by atoms with Crippen molar-refractivity contribution in [3.8, 4) is 0 Å². The third-order valence-electron chi connectivity index (χ3n) is 9.47. The van der Waals surface area contributed by atoms with Crippen molar-refractivity contribution >= 4 is 21.7 Å². The van der Waals surface area contributed by atoms with E-state index in [-0.39, 0.29) is 11.3 Å². The summed E-state index contributed by atoms with van der Waals surface area (Å²) in [5.74, 6) is 3.81. The molecular formula is C22H35BrO2. The number of Topliss-reactive ketones (excluding diaryl/α,β-unsaturated/α-hetero) is 1. The Balaban J connectivity index is 1.59. The zero-order valence-corrected chi connectivity index (χ0v) is 17.8. The van der Waals surface area contributed by atoms with Crippen LogP contribution in [0, 0.1) is 40.4 Å². The van der Waals surface area contributed by atoms with E-state index in [4.69, 9.17) is 0 Å². The molecule has 0 aromatic rings. The lowest BCUT2D eigenvalue weighted by molar-refractivity contribution is -0.150. The zero-order chi connectivity index (χ0) is 18.0. The zero-order valence-electron chi connectivity index (χ0n) is 16.2. The molecule has 4 fully saturated rings. The molecule has 0 aromatic carbocycles. The first kappa shape index (κ1) is 18.5. The molecule has 8 atom stereocenters. The fourth-order valence-electron chi connectivity index (χ4n) is 8.05. The third kappa shape index (κ3) is 2.70. The van der Waals surface area contributed by atoms with Crippen molar-refractivity contribution < 1.29 is 9.90 Å². The molecular weight excluding hydrogens is 376 g/mol. The fraction of sp³-hybridized carbons (Fsp3) is 0.955. The smallest absolute Gasteiger partial charge is 0.147 e. The molecule has 4 saturated carbocycles. The average molecular weight is 411 g/mol. The summed E-state index contributed by atoms with van der Waals surface area (Å²) in [6, 6.07) is 0. The largest absolute Gasteiger partial charge is 0.390 e. The lowest BCUT2D eigenvalue weighted by Gasteiger charge is -2.61. The van der Waals surface area contributed by atoms with Crippen molar-refractivity contribution in [1.29, 1.82) is 0 Å². The molecule has 1 N–H and O–H groups in total. The lowest BCUT2D eigenvalue weighted by atomic mass is 9.44. The Labute approximate surface area is 161 Å². The van der Waals surface area contributed by atoms with Crippen LogP contribution in [0.2, 0.25) is 0 Å². The molecule has 4 aliphatic rings. The number of halogens is 1. The van der Waals surface area contributed by atoms with E-state index in [0.717, 1.165) is 37.0 Å². The highest BCUT2D eigenvalue weighted by Gasteiger charge is 2.61. The first-order valence-electron chi connectivity index (χ1n) is 10.5. The predicted molar refractivity (Wildman–Crippen MR) is 105 cm³/mol. The fourth-order valence-corrected chi connectivity index (χ4v) is 8.44. The molecule has 0 amide bonds. The van der Waals surface area contributed by atoms with Crippen molar-refractivity contribution in [2.45, 2.75) is 84.2 Å². The van der Waals surface area contributed by atoms with Gasteiger partial charge in [0.25, 0.3) is 0 Å². The molecule has 0 saturated heterocycles. The molecule has 3 heteroatoms. The number of hydrogen-bond donors (Lipinski definition) is 1. The number of alkyl halides is 1. The number of carbonyl (C=O) groups is 1. The van der Waals surface area contributed by atoms with E-state index in [9.17, 15) is 9.90 Å². The minimum absolute atomic E-state index is 0.245. The number of ketones is 1. The molecule has 2 nitrogen and oxygen atoms in total. The van der Waals surface area contributed by atoms with Crippen molar-refractivity contribution in [3.63, 3.8) is 0 Å². The Kier molecular flexibility index (Phi) is 4.47. The van der Waals surface area contributed by atoms with Crippen molar-refractivity contribution in [1.82, 2.24) is 0 Å². The second-order valence-electron chi connectivity index (χ2n) is 10.6. The van der Waals surface area contributed by atoms with E-state index >= 15 is 0 Å². The van der Waals surface area contributed by atoms with Gasteiger partial charge in [-0.3, -0.25) is 4.79 Å². The van der Waals surface area contributed by atoms with E-state index < -0.39 is 5.60 Å². The molecule has 0 radical (unpaired) electrons. The molecule has 0 spiro atoms. The van der Waals surface area contributed by atoms with Gasteiger partial charge in [0, 0.05) is 5.92 Å². The summed E-state index contributed by atoms with van der Waals surface area (Å²) in [6.45, 7) is 7.03. The number of hydrogen-bond acceptors (Lipinski definition) is 2. The molecule has 25 heavy (non-hydrogen) atoms. The van der Waals surface area contributed by atoms with Crippen LogP contribution in [0.15, 0.2) is 0 Å². The van der Waals surface area contributed by atoms with Gasteiger partial charge < -0.3 is 5.11 Å². The van der Waals surface area contributed by atoms with Gasteiger partial charge >= 0.3 is 0 Å². The van der Waals surface area contributed by atoms with Gasteiger partial charge in [-0.05, 0) is 99.2 Å². The predicted octanol–water partition coefficient (Wildman–Crippen LogP) is 5.36. The first-order chi connectivity index (χ1) is 11.7. The maximum Gasteiger partial charge on any atom is 0.147 e. The van der Waals surface area contributed by atoms with Crippen molar-refractivity contribution in [2.75, 3.05) is 5.33 Å². The first-order valence-corrected chi connectivity index (χ1v) is 11.6. The van der Waals surface area contributed by atoms with Crippen LogP contribution in [0.5, 0.6) is 0 Å². The maximum absolute atomic E-state index is 12.5. The summed E-state index contributed by atoms with van der Waals surface area (Å²) in [4.78, 5) is 12.5. The van der Waals surface area contributed by atoms with Crippen LogP contribution in [0.25, 0.3) is 0 Å². The number of aliphatic hydroxyl groups is 1. The molecule has 0 bridgehead atoms. The van der Waals surface area contributed by atoms with Crippen LogP contribution < -0.4 is 0 Å². The summed E-state index contributed by atoms with van der Waals surface area (Å²) in [7, 11) is 0. The quantitative estimate of drug-likeness (QED) is 0.621. The normalized spacial score (nSPS) is 55.2. The van der Waals surface area contributed by atoms with Crippen molar-refractivity contribution in [2.24, 2.45) is 40.4 Å². The summed E-state index contributed by atoms with van der Waals surface area (Å²) in [5.41, 5.74) is 0.223. The third-order valence-corrected chi connectivity index (χ3v) is 10.0. The van der Waals surface area contributed by atoms with E-state index in [1.807, 2.05) is 6.92 Å². The molecule has 4 rings (SSSR count).